The van der Waals surface area contributed by atoms with Crippen LogP contribution in [0.5, 0.6) is 0 Å². The standard InChI is InChI=1S/C64H102O31/c1-23-13-16-64(59(82)95-58-50(44(78)39(73)32(21-67)89-58)92-53-45(79)40(74)35(69)24(2)85-53)18-17-61(6)26-11-12-33-60(4,5)34(14-15-62(33,7)27(26)9-10-28(61)52(64)63(23,8)83)90-56-51(94-54-46(80)41(75)36(70)25(3)86-54)48(29(68)22-84-56)91-57-49(43(77)38(72)31(20-66)88-57)93-55-47(81)42(76)37(71)30(19-65)87-55/h10,24-27,29-58,65-81,83H,1,9,11-22H2,2-8H3/t24-,25-,26?,27?,29-,30+,31+,32+,33?,34?,35+,36+,37+,38+,39+,40+,41+,42-,43-,44-,45+,46+,47+,48-,49+,50+,51+,52?,53-,54-,55-,56-,57-,58-,61-,62+,63+,64-/m0/s1. The second kappa shape index (κ2) is 27.9. The van der Waals surface area contributed by atoms with E-state index in [1.165, 1.54) is 13.8 Å². The average Bonchev–Trinajstić information content (AvgIpc) is 0.684. The molecule has 5 unspecified atom stereocenters. The van der Waals surface area contributed by atoms with E-state index in [2.05, 4.69) is 40.3 Å². The van der Waals surface area contributed by atoms with Gasteiger partial charge in [-0.25, -0.2) is 0 Å². The lowest BCUT2D eigenvalue weighted by Gasteiger charge is -2.68. The molecule has 6 heterocycles. The average molecular weight is 1370 g/mol. The summed E-state index contributed by atoms with van der Waals surface area (Å²) in [6.45, 7) is 14.5. The molecular weight excluding hydrogens is 1260 g/mol. The van der Waals surface area contributed by atoms with E-state index < -0.39 is 244 Å². The number of aliphatic hydroxyl groups is 18. The van der Waals surface area contributed by atoms with Crippen LogP contribution in [0.1, 0.15) is 106 Å². The normalized spacial score (nSPS) is 54.8. The van der Waals surface area contributed by atoms with Crippen LogP contribution in [-0.4, -0.2) is 314 Å². The van der Waals surface area contributed by atoms with Crippen molar-refractivity contribution in [3.8, 4) is 0 Å². The van der Waals surface area contributed by atoms with Crippen LogP contribution in [0.4, 0.5) is 0 Å². The van der Waals surface area contributed by atoms with Gasteiger partial charge in [0, 0.05) is 5.92 Å². The zero-order valence-electron chi connectivity index (χ0n) is 54.5. The van der Waals surface area contributed by atoms with Crippen LogP contribution in [0, 0.1) is 45.3 Å². The maximum atomic E-state index is 15.4. The number of carbonyl (C=O) groups excluding carboxylic acids is 1. The molecule has 10 fully saturated rings. The lowest BCUT2D eigenvalue weighted by molar-refractivity contribution is -0.401. The molecule has 31 nitrogen and oxygen atoms in total. The molecule has 18 N–H and O–H groups in total. The van der Waals surface area contributed by atoms with E-state index in [1.54, 1.807) is 6.92 Å². The molecule has 31 heteroatoms. The molecule has 38 atom stereocenters. The number of hydrogen-bond acceptors (Lipinski definition) is 31. The van der Waals surface area contributed by atoms with Gasteiger partial charge in [0.2, 0.25) is 6.29 Å². The van der Waals surface area contributed by atoms with Crippen molar-refractivity contribution in [3.05, 3.63) is 23.8 Å². The third-order valence-corrected chi connectivity index (χ3v) is 24.4. The summed E-state index contributed by atoms with van der Waals surface area (Å²) in [5.41, 5.74) is -3.32. The number of rotatable bonds is 15. The Labute approximate surface area is 549 Å². The Morgan fingerprint density at radius 3 is 1.56 bits per heavy atom. The maximum absolute atomic E-state index is 15.4. The fourth-order valence-electron chi connectivity index (χ4n) is 18.5. The van der Waals surface area contributed by atoms with E-state index in [4.69, 9.17) is 56.8 Å². The number of aliphatic hydroxyl groups excluding tert-OH is 17. The largest absolute Gasteiger partial charge is 0.432 e. The van der Waals surface area contributed by atoms with Crippen LogP contribution in [0.3, 0.4) is 0 Å². The molecule has 0 radical (unpaired) electrons. The molecule has 11 aliphatic rings. The number of hydrogen-bond donors (Lipinski definition) is 18. The highest BCUT2D eigenvalue weighted by Gasteiger charge is 2.70. The maximum Gasteiger partial charge on any atom is 0.315 e. The second-order valence-corrected chi connectivity index (χ2v) is 30.0. The highest BCUT2D eigenvalue weighted by molar-refractivity contribution is 5.80. The first-order valence-corrected chi connectivity index (χ1v) is 33.5. The van der Waals surface area contributed by atoms with Gasteiger partial charge in [-0.05, 0) is 118 Å². The van der Waals surface area contributed by atoms with Gasteiger partial charge >= 0.3 is 5.97 Å². The van der Waals surface area contributed by atoms with Crippen LogP contribution in [0.15, 0.2) is 23.8 Å². The van der Waals surface area contributed by atoms with Crippen molar-refractivity contribution in [2.45, 2.75) is 296 Å². The van der Waals surface area contributed by atoms with Gasteiger partial charge in [0.25, 0.3) is 0 Å². The highest BCUT2D eigenvalue weighted by Crippen LogP contribution is 2.72. The van der Waals surface area contributed by atoms with E-state index in [-0.39, 0.29) is 42.4 Å². The number of allylic oxidation sites excluding steroid dienone is 1. The molecule has 544 valence electrons. The Hall–Kier alpha value is -2.21. The van der Waals surface area contributed by atoms with Gasteiger partial charge in [-0.2, -0.15) is 0 Å². The SMILES string of the molecule is C=C1CC[C@]2(C(=O)O[C@@H]3O[C@H](CO)[C@@H](O)[C@H](O)[C@H]3O[C@@H]3O[C@@H](C)[C@@H](O)[C@@H](O)[C@H]3O)CC[C@]3(C)C(=CCC4C3CCC3C(C)(C)C(O[C@@H]5OC[C@H](O)[C@H](O[C@@H]6O[C@H](CO)[C@@H](O)[C@H](O)[C@H]6O[C@@H]6O[C@H](CO)[C@@H](O)[C@H](O)[C@H]6O)[C@H]5O[C@@H]5O[C@@H](C)[C@@H](O)[C@@H](O)[C@H]5O)CC[C@]43C)C2[C@]1(C)O. The van der Waals surface area contributed by atoms with Crippen LogP contribution in [0.25, 0.3) is 0 Å². The summed E-state index contributed by atoms with van der Waals surface area (Å²) in [5.74, 6) is -1.65. The Balaban J connectivity index is 0.854. The fourth-order valence-corrected chi connectivity index (χ4v) is 18.5. The number of fused-ring (bicyclic) bond motifs is 7. The smallest absolute Gasteiger partial charge is 0.315 e. The van der Waals surface area contributed by atoms with E-state index >= 15 is 4.79 Å². The quantitative estimate of drug-likeness (QED) is 0.0414. The molecule has 0 bridgehead atoms. The van der Waals surface area contributed by atoms with Crippen molar-refractivity contribution < 1.29 is 154 Å². The van der Waals surface area contributed by atoms with Crippen molar-refractivity contribution in [1.29, 1.82) is 0 Å². The van der Waals surface area contributed by atoms with Gasteiger partial charge in [-0.15, -0.1) is 0 Å². The van der Waals surface area contributed by atoms with Crippen LogP contribution in [0.2, 0.25) is 0 Å². The summed E-state index contributed by atoms with van der Waals surface area (Å²) in [6.07, 6.45) is -43.8. The van der Waals surface area contributed by atoms with Gasteiger partial charge in [-0.3, -0.25) is 4.79 Å². The number of carbonyl (C=O) groups is 1. The zero-order chi connectivity index (χ0) is 69.2. The van der Waals surface area contributed by atoms with Gasteiger partial charge in [0.15, 0.2) is 37.6 Å². The second-order valence-electron chi connectivity index (χ2n) is 30.0. The van der Waals surface area contributed by atoms with Crippen molar-refractivity contribution >= 4 is 5.97 Å². The van der Waals surface area contributed by atoms with E-state index in [0.29, 0.717) is 44.1 Å². The van der Waals surface area contributed by atoms with E-state index in [1.807, 2.05) is 0 Å². The first-order chi connectivity index (χ1) is 44.6. The third-order valence-electron chi connectivity index (χ3n) is 24.4. The molecule has 0 aromatic rings. The Bertz CT molecular complexity index is 2710. The van der Waals surface area contributed by atoms with Crippen molar-refractivity contribution in [2.24, 2.45) is 45.3 Å². The molecule has 5 aliphatic carbocycles. The number of esters is 1. The third kappa shape index (κ3) is 12.7. The highest BCUT2D eigenvalue weighted by atomic mass is 16.8. The minimum atomic E-state index is -2.01. The monoisotopic (exact) mass is 1370 g/mol. The Morgan fingerprint density at radius 2 is 1.00 bits per heavy atom. The van der Waals surface area contributed by atoms with E-state index in [0.717, 1.165) is 5.57 Å². The molecule has 11 rings (SSSR count). The lowest BCUT2D eigenvalue weighted by Crippen LogP contribution is -2.67. The summed E-state index contributed by atoms with van der Waals surface area (Å²) >= 11 is 0. The fraction of sp³-hybridized carbons (Fsp3) is 0.922. The zero-order valence-corrected chi connectivity index (χ0v) is 54.5. The minimum Gasteiger partial charge on any atom is -0.432 e. The molecule has 0 aromatic carbocycles. The first kappa shape index (κ1) is 74.0. The Morgan fingerprint density at radius 1 is 0.516 bits per heavy atom. The molecule has 0 aromatic heterocycles. The van der Waals surface area contributed by atoms with Crippen molar-refractivity contribution in [3.63, 3.8) is 0 Å². The summed E-state index contributed by atoms with van der Waals surface area (Å²) in [4.78, 5) is 15.4. The van der Waals surface area contributed by atoms with Gasteiger partial charge < -0.3 is 149 Å². The van der Waals surface area contributed by atoms with Crippen LogP contribution >= 0.6 is 0 Å². The van der Waals surface area contributed by atoms with Crippen molar-refractivity contribution in [1.82, 2.24) is 0 Å². The van der Waals surface area contributed by atoms with Gasteiger partial charge in [0.05, 0.1) is 55.8 Å². The predicted octanol–water partition coefficient (Wildman–Crippen LogP) is -5.19. The van der Waals surface area contributed by atoms with E-state index in [9.17, 15) is 91.9 Å². The molecule has 4 saturated carbocycles. The molecule has 6 saturated heterocycles. The number of ether oxygens (including phenoxy) is 12. The summed E-state index contributed by atoms with van der Waals surface area (Å²) < 4.78 is 73.5. The van der Waals surface area contributed by atoms with Crippen molar-refractivity contribution in [2.75, 3.05) is 26.4 Å². The lowest BCUT2D eigenvalue weighted by atomic mass is 9.37. The molecule has 0 spiro atoms. The Kier molecular flexibility index (Phi) is 21.7. The predicted molar refractivity (Wildman–Crippen MR) is 316 cm³/mol. The summed E-state index contributed by atoms with van der Waals surface area (Å²) in [6, 6.07) is 0. The minimum absolute atomic E-state index is 0.0224. The summed E-state index contributed by atoms with van der Waals surface area (Å²) in [5, 5.41) is 197. The van der Waals surface area contributed by atoms with Gasteiger partial charge in [-0.1, -0.05) is 45.9 Å². The molecule has 6 aliphatic heterocycles. The van der Waals surface area contributed by atoms with Crippen LogP contribution in [-0.2, 0) is 61.6 Å². The molecular formula is C64H102O31. The first-order valence-electron chi connectivity index (χ1n) is 33.5. The molecule has 0 amide bonds. The van der Waals surface area contributed by atoms with Gasteiger partial charge in [0.1, 0.15) is 122 Å². The molecule has 95 heavy (non-hydrogen) atoms. The van der Waals surface area contributed by atoms with Crippen LogP contribution < -0.4 is 0 Å². The topological polar surface area (TPSA) is 492 Å². The summed E-state index contributed by atoms with van der Waals surface area (Å²) in [7, 11) is 0.